The van der Waals surface area contributed by atoms with E-state index in [1.807, 2.05) is 42.5 Å². The van der Waals surface area contributed by atoms with Crippen LogP contribution < -0.4 is 10.1 Å². The Morgan fingerprint density at radius 2 is 1.75 bits per heavy atom. The van der Waals surface area contributed by atoms with Crippen LogP contribution in [0.4, 0.5) is 5.69 Å². The van der Waals surface area contributed by atoms with E-state index in [0.29, 0.717) is 26.4 Å². The van der Waals surface area contributed by atoms with Crippen molar-refractivity contribution in [2.75, 3.05) is 5.32 Å². The number of halogens is 3. The molecule has 0 saturated carbocycles. The first-order valence-electron chi connectivity index (χ1n) is 8.50. The fourth-order valence-electron chi connectivity index (χ4n) is 2.97. The maximum atomic E-state index is 12.2. The van der Waals surface area contributed by atoms with Crippen LogP contribution in [0, 0.1) is 0 Å². The molecule has 3 aromatic carbocycles. The van der Waals surface area contributed by atoms with Crippen molar-refractivity contribution >= 4 is 58.0 Å². The highest BCUT2D eigenvalue weighted by Crippen LogP contribution is 2.34. The van der Waals surface area contributed by atoms with Crippen LogP contribution in [0.25, 0.3) is 11.6 Å². The maximum Gasteiger partial charge on any atom is 0.256 e. The van der Waals surface area contributed by atoms with Crippen molar-refractivity contribution in [2.24, 2.45) is 0 Å². The van der Waals surface area contributed by atoms with Crippen LogP contribution in [0.2, 0.25) is 15.1 Å². The standard InChI is InChI=1S/C22H14Cl3NO2/c23-15-7-6-14(18(24)11-15)12-28-21-8-5-13(10-19(21)25)9-17-16-3-1-2-4-20(16)26-22(17)27/h1-11H,12H2,(H,26,27). The summed E-state index contributed by atoms with van der Waals surface area (Å²) < 4.78 is 5.79. The van der Waals surface area contributed by atoms with E-state index in [4.69, 9.17) is 39.5 Å². The van der Waals surface area contributed by atoms with E-state index in [0.717, 1.165) is 22.4 Å². The van der Waals surface area contributed by atoms with Gasteiger partial charge < -0.3 is 10.1 Å². The molecule has 140 valence electrons. The Kier molecular flexibility index (Phi) is 5.31. The third kappa shape index (κ3) is 3.88. The second-order valence-electron chi connectivity index (χ2n) is 6.27. The van der Waals surface area contributed by atoms with Gasteiger partial charge in [0.15, 0.2) is 0 Å². The summed E-state index contributed by atoms with van der Waals surface area (Å²) in [6, 6.07) is 18.2. The van der Waals surface area contributed by atoms with Gasteiger partial charge in [0.2, 0.25) is 0 Å². The number of carbonyl (C=O) groups excluding carboxylic acids is 1. The van der Waals surface area contributed by atoms with Gasteiger partial charge in [-0.25, -0.2) is 0 Å². The van der Waals surface area contributed by atoms with Crippen molar-refractivity contribution in [1.29, 1.82) is 0 Å². The number of amides is 1. The summed E-state index contributed by atoms with van der Waals surface area (Å²) in [4.78, 5) is 12.2. The molecule has 3 aromatic rings. The first-order valence-corrected chi connectivity index (χ1v) is 9.63. The number of carbonyl (C=O) groups is 1. The van der Waals surface area contributed by atoms with Gasteiger partial charge in [-0.3, -0.25) is 4.79 Å². The molecular weight excluding hydrogens is 417 g/mol. The van der Waals surface area contributed by atoms with Gasteiger partial charge in [0.25, 0.3) is 5.91 Å². The average Bonchev–Trinajstić information content (AvgIpc) is 2.98. The van der Waals surface area contributed by atoms with Crippen LogP contribution in [0.3, 0.4) is 0 Å². The predicted molar refractivity (Wildman–Crippen MR) is 115 cm³/mol. The fourth-order valence-corrected chi connectivity index (χ4v) is 3.67. The first-order chi connectivity index (χ1) is 13.5. The van der Waals surface area contributed by atoms with Crippen molar-refractivity contribution < 1.29 is 9.53 Å². The molecule has 0 unspecified atom stereocenters. The third-order valence-corrected chi connectivity index (χ3v) is 5.26. The number of anilines is 1. The number of hydrogen-bond donors (Lipinski definition) is 1. The second-order valence-corrected chi connectivity index (χ2v) is 7.52. The summed E-state index contributed by atoms with van der Waals surface area (Å²) in [5.74, 6) is 0.404. The molecule has 0 bridgehead atoms. The molecule has 0 aromatic heterocycles. The minimum absolute atomic E-state index is 0.130. The SMILES string of the molecule is O=C1Nc2ccccc2C1=Cc1ccc(OCc2ccc(Cl)cc2Cl)c(Cl)c1. The Hall–Kier alpha value is -2.46. The van der Waals surface area contributed by atoms with Crippen molar-refractivity contribution in [1.82, 2.24) is 0 Å². The van der Waals surface area contributed by atoms with Gasteiger partial charge in [-0.05, 0) is 42.0 Å². The summed E-state index contributed by atoms with van der Waals surface area (Å²) >= 11 is 18.4. The van der Waals surface area contributed by atoms with Crippen LogP contribution in [0.1, 0.15) is 16.7 Å². The van der Waals surface area contributed by atoms with Crippen LogP contribution in [-0.4, -0.2) is 5.91 Å². The maximum absolute atomic E-state index is 12.2. The lowest BCUT2D eigenvalue weighted by Gasteiger charge is -2.10. The summed E-state index contributed by atoms with van der Waals surface area (Å²) in [7, 11) is 0. The van der Waals surface area contributed by atoms with Crippen LogP contribution >= 0.6 is 34.8 Å². The molecule has 1 amide bonds. The van der Waals surface area contributed by atoms with Crippen LogP contribution in [-0.2, 0) is 11.4 Å². The second kappa shape index (κ2) is 7.88. The van der Waals surface area contributed by atoms with E-state index in [9.17, 15) is 4.79 Å². The van der Waals surface area contributed by atoms with Gasteiger partial charge in [-0.1, -0.05) is 65.1 Å². The van der Waals surface area contributed by atoms with Crippen molar-refractivity contribution in [3.63, 3.8) is 0 Å². The lowest BCUT2D eigenvalue weighted by atomic mass is 10.0. The number of ether oxygens (including phenoxy) is 1. The Balaban J connectivity index is 1.54. The number of fused-ring (bicyclic) bond motifs is 1. The van der Waals surface area contributed by atoms with Crippen molar-refractivity contribution in [3.8, 4) is 5.75 Å². The highest BCUT2D eigenvalue weighted by atomic mass is 35.5. The average molecular weight is 431 g/mol. The third-order valence-electron chi connectivity index (χ3n) is 4.38. The molecule has 4 rings (SSSR count). The van der Waals surface area contributed by atoms with Gasteiger partial charge in [-0.2, -0.15) is 0 Å². The molecule has 0 radical (unpaired) electrons. The van der Waals surface area contributed by atoms with Gasteiger partial charge in [0.1, 0.15) is 12.4 Å². The summed E-state index contributed by atoms with van der Waals surface area (Å²) in [6.45, 7) is 0.270. The molecule has 28 heavy (non-hydrogen) atoms. The fraction of sp³-hybridized carbons (Fsp3) is 0.0455. The van der Waals surface area contributed by atoms with Gasteiger partial charge in [0.05, 0.1) is 5.02 Å². The van der Waals surface area contributed by atoms with E-state index < -0.39 is 0 Å². The van der Waals surface area contributed by atoms with Crippen molar-refractivity contribution in [3.05, 3.63) is 92.4 Å². The molecule has 6 heteroatoms. The van der Waals surface area contributed by atoms with E-state index in [1.165, 1.54) is 0 Å². The summed E-state index contributed by atoms with van der Waals surface area (Å²) in [6.07, 6.45) is 1.81. The number of para-hydroxylation sites is 1. The number of hydrogen-bond acceptors (Lipinski definition) is 2. The Morgan fingerprint density at radius 3 is 2.54 bits per heavy atom. The molecule has 0 atom stereocenters. The zero-order chi connectivity index (χ0) is 19.7. The Labute approximate surface area is 177 Å². The van der Waals surface area contributed by atoms with Gasteiger partial charge >= 0.3 is 0 Å². The van der Waals surface area contributed by atoms with E-state index in [-0.39, 0.29) is 12.5 Å². The molecular formula is C22H14Cl3NO2. The monoisotopic (exact) mass is 429 g/mol. The highest BCUT2D eigenvalue weighted by Gasteiger charge is 2.23. The topological polar surface area (TPSA) is 38.3 Å². The summed E-state index contributed by atoms with van der Waals surface area (Å²) in [5.41, 5.74) is 3.91. The number of nitrogens with one attached hydrogen (secondary N) is 1. The zero-order valence-corrected chi connectivity index (χ0v) is 16.8. The molecule has 1 aliphatic heterocycles. The normalized spacial score (nSPS) is 14.1. The number of benzene rings is 3. The molecule has 3 nitrogen and oxygen atoms in total. The molecule has 0 saturated heterocycles. The van der Waals surface area contributed by atoms with E-state index >= 15 is 0 Å². The minimum atomic E-state index is -0.130. The lowest BCUT2D eigenvalue weighted by Crippen LogP contribution is -2.03. The molecule has 1 aliphatic rings. The molecule has 0 fully saturated rings. The number of rotatable bonds is 4. The van der Waals surface area contributed by atoms with Gasteiger partial charge in [-0.15, -0.1) is 0 Å². The first kappa shape index (κ1) is 18.9. The largest absolute Gasteiger partial charge is 0.487 e. The van der Waals surface area contributed by atoms with Crippen molar-refractivity contribution in [2.45, 2.75) is 6.61 Å². The van der Waals surface area contributed by atoms with Crippen LogP contribution in [0.5, 0.6) is 5.75 Å². The molecule has 1 N–H and O–H groups in total. The Bertz CT molecular complexity index is 1110. The molecule has 0 spiro atoms. The smallest absolute Gasteiger partial charge is 0.256 e. The molecule has 1 heterocycles. The predicted octanol–water partition coefficient (Wildman–Crippen LogP) is 6.72. The molecule has 0 aliphatic carbocycles. The highest BCUT2D eigenvalue weighted by molar-refractivity contribution is 6.36. The lowest BCUT2D eigenvalue weighted by molar-refractivity contribution is -0.110. The Morgan fingerprint density at radius 1 is 0.929 bits per heavy atom. The van der Waals surface area contributed by atoms with E-state index in [2.05, 4.69) is 5.32 Å². The van der Waals surface area contributed by atoms with E-state index in [1.54, 1.807) is 24.3 Å². The van der Waals surface area contributed by atoms with Crippen LogP contribution in [0.15, 0.2) is 60.7 Å². The quantitative estimate of drug-likeness (QED) is 0.467. The summed E-state index contributed by atoms with van der Waals surface area (Å²) in [5, 5.41) is 4.41. The minimum Gasteiger partial charge on any atom is -0.487 e. The van der Waals surface area contributed by atoms with Gasteiger partial charge in [0, 0.05) is 32.4 Å². The zero-order valence-electron chi connectivity index (χ0n) is 14.5.